The number of cyclic esters (lactones) is 1. The van der Waals surface area contributed by atoms with Crippen LogP contribution in [0.1, 0.15) is 19.3 Å². The van der Waals surface area contributed by atoms with Crippen LogP contribution >= 0.6 is 0 Å². The topological polar surface area (TPSA) is 35.5 Å². The Kier molecular flexibility index (Phi) is 2.68. The molecule has 1 saturated heterocycles. The number of rotatable bonds is 1. The molecule has 1 atom stereocenters. The molecule has 1 rings (SSSR count). The lowest BCUT2D eigenvalue weighted by atomic mass is 10.1. The van der Waals surface area contributed by atoms with Crippen LogP contribution in [0.2, 0.25) is 0 Å². The highest BCUT2D eigenvalue weighted by molar-refractivity contribution is 5.70. The molecule has 1 aliphatic rings. The van der Waals surface area contributed by atoms with E-state index in [0.29, 0.717) is 13.0 Å². The van der Waals surface area contributed by atoms with Gasteiger partial charge in [-0.05, 0) is 12.8 Å². The minimum atomic E-state index is -0.135. The average Bonchev–Trinajstić information content (AvgIpc) is 2.13. The third-order valence-electron chi connectivity index (χ3n) is 1.66. The fourth-order valence-electron chi connectivity index (χ4n) is 1.05. The first-order valence-corrected chi connectivity index (χ1v) is 3.51. The van der Waals surface area contributed by atoms with E-state index in [1.54, 1.807) is 7.11 Å². The summed E-state index contributed by atoms with van der Waals surface area (Å²) in [5.74, 6) is -0.135. The second-order valence-electron chi connectivity index (χ2n) is 2.42. The fourth-order valence-corrected chi connectivity index (χ4v) is 1.05. The lowest BCUT2D eigenvalue weighted by molar-refractivity contribution is -0.144. The second-order valence-corrected chi connectivity index (χ2v) is 2.42. The van der Waals surface area contributed by atoms with Gasteiger partial charge in [-0.2, -0.15) is 0 Å². The summed E-state index contributed by atoms with van der Waals surface area (Å²) < 4.78 is 9.86. The summed E-state index contributed by atoms with van der Waals surface area (Å²) in [6.07, 6.45) is 2.35. The summed E-state index contributed by atoms with van der Waals surface area (Å²) in [7, 11) is 1.63. The van der Waals surface area contributed by atoms with Crippen LogP contribution in [0.25, 0.3) is 0 Å². The van der Waals surface area contributed by atoms with E-state index in [1.165, 1.54) is 0 Å². The van der Waals surface area contributed by atoms with Gasteiger partial charge in [-0.25, -0.2) is 0 Å². The Morgan fingerprint density at radius 2 is 2.50 bits per heavy atom. The Bertz CT molecular complexity index is 122. The molecule has 1 fully saturated rings. The number of hydrogen-bond acceptors (Lipinski definition) is 3. The van der Waals surface area contributed by atoms with E-state index in [1.807, 2.05) is 0 Å². The van der Waals surface area contributed by atoms with Gasteiger partial charge in [0.2, 0.25) is 0 Å². The van der Waals surface area contributed by atoms with Crippen molar-refractivity contribution in [1.29, 1.82) is 0 Å². The molecule has 1 heterocycles. The maximum Gasteiger partial charge on any atom is 0.308 e. The van der Waals surface area contributed by atoms with E-state index in [4.69, 9.17) is 9.47 Å². The van der Waals surface area contributed by atoms with Crippen molar-refractivity contribution in [2.24, 2.45) is 0 Å². The zero-order valence-electron chi connectivity index (χ0n) is 6.13. The largest absolute Gasteiger partial charge is 0.466 e. The van der Waals surface area contributed by atoms with Crippen molar-refractivity contribution in [3.05, 3.63) is 0 Å². The molecule has 3 nitrogen and oxygen atoms in total. The molecule has 0 saturated carbocycles. The summed E-state index contributed by atoms with van der Waals surface area (Å²) in [4.78, 5) is 10.8. The van der Waals surface area contributed by atoms with Gasteiger partial charge >= 0.3 is 5.97 Å². The summed E-state index contributed by atoms with van der Waals surface area (Å²) in [6.45, 7) is 0.554. The number of ether oxygens (including phenoxy) is 2. The molecule has 0 N–H and O–H groups in total. The molecule has 10 heavy (non-hydrogen) atoms. The van der Waals surface area contributed by atoms with E-state index in [-0.39, 0.29) is 12.1 Å². The molecule has 0 aromatic rings. The van der Waals surface area contributed by atoms with Crippen molar-refractivity contribution in [3.8, 4) is 0 Å². The first kappa shape index (κ1) is 7.54. The standard InChI is InChI=1S/C7H12O3/c1-9-6-3-2-4-10-7(8)5-6/h6H,2-5H2,1H3. The zero-order chi connectivity index (χ0) is 7.40. The smallest absolute Gasteiger partial charge is 0.308 e. The van der Waals surface area contributed by atoms with Crippen molar-refractivity contribution < 1.29 is 14.3 Å². The van der Waals surface area contributed by atoms with Crippen molar-refractivity contribution in [3.63, 3.8) is 0 Å². The second kappa shape index (κ2) is 3.56. The van der Waals surface area contributed by atoms with Crippen LogP contribution < -0.4 is 0 Å². The molecular formula is C7H12O3. The fraction of sp³-hybridized carbons (Fsp3) is 0.857. The summed E-state index contributed by atoms with van der Waals surface area (Å²) in [6, 6.07) is 0. The van der Waals surface area contributed by atoms with Crippen LogP contribution in [-0.2, 0) is 14.3 Å². The number of carbonyl (C=O) groups is 1. The van der Waals surface area contributed by atoms with Crippen LogP contribution in [0, 0.1) is 0 Å². The average molecular weight is 144 g/mol. The molecule has 1 aliphatic heterocycles. The van der Waals surface area contributed by atoms with Gasteiger partial charge < -0.3 is 9.47 Å². The van der Waals surface area contributed by atoms with Gasteiger partial charge in [0.1, 0.15) is 0 Å². The van der Waals surface area contributed by atoms with E-state index in [0.717, 1.165) is 12.8 Å². The minimum absolute atomic E-state index is 0.0787. The molecule has 1 unspecified atom stereocenters. The van der Waals surface area contributed by atoms with Crippen LogP contribution in [0.4, 0.5) is 0 Å². The van der Waals surface area contributed by atoms with Crippen LogP contribution in [0.3, 0.4) is 0 Å². The molecule has 0 radical (unpaired) electrons. The Morgan fingerprint density at radius 1 is 1.70 bits per heavy atom. The highest BCUT2D eigenvalue weighted by Crippen LogP contribution is 2.11. The Hall–Kier alpha value is -0.570. The molecule has 3 heteroatoms. The third-order valence-corrected chi connectivity index (χ3v) is 1.66. The number of methoxy groups -OCH3 is 1. The number of carbonyl (C=O) groups excluding carboxylic acids is 1. The molecular weight excluding hydrogens is 132 g/mol. The van der Waals surface area contributed by atoms with Gasteiger partial charge in [-0.1, -0.05) is 0 Å². The zero-order valence-corrected chi connectivity index (χ0v) is 6.13. The monoisotopic (exact) mass is 144 g/mol. The highest BCUT2D eigenvalue weighted by Gasteiger charge is 2.17. The summed E-state index contributed by atoms with van der Waals surface area (Å²) in [5, 5.41) is 0. The van der Waals surface area contributed by atoms with Crippen molar-refractivity contribution in [1.82, 2.24) is 0 Å². The van der Waals surface area contributed by atoms with Crippen molar-refractivity contribution >= 4 is 5.97 Å². The highest BCUT2D eigenvalue weighted by atomic mass is 16.5. The van der Waals surface area contributed by atoms with Crippen LogP contribution in [-0.4, -0.2) is 25.8 Å². The maximum atomic E-state index is 10.8. The van der Waals surface area contributed by atoms with Gasteiger partial charge in [-0.3, -0.25) is 4.79 Å². The normalized spacial score (nSPS) is 27.3. The van der Waals surface area contributed by atoms with E-state index in [9.17, 15) is 4.79 Å². The summed E-state index contributed by atoms with van der Waals surface area (Å²) >= 11 is 0. The Balaban J connectivity index is 2.38. The Morgan fingerprint density at radius 3 is 3.20 bits per heavy atom. The number of esters is 1. The molecule has 0 spiro atoms. The Labute approximate surface area is 60.3 Å². The predicted molar refractivity (Wildman–Crippen MR) is 35.6 cm³/mol. The van der Waals surface area contributed by atoms with Gasteiger partial charge in [0, 0.05) is 7.11 Å². The number of hydrogen-bond donors (Lipinski definition) is 0. The van der Waals surface area contributed by atoms with Gasteiger partial charge in [0.15, 0.2) is 0 Å². The quantitative estimate of drug-likeness (QED) is 0.509. The maximum absolute atomic E-state index is 10.8. The molecule has 58 valence electrons. The molecule has 0 aromatic heterocycles. The van der Waals surface area contributed by atoms with Gasteiger partial charge in [0.05, 0.1) is 19.1 Å². The first-order valence-electron chi connectivity index (χ1n) is 3.51. The van der Waals surface area contributed by atoms with Gasteiger partial charge in [0.25, 0.3) is 0 Å². The lowest BCUT2D eigenvalue weighted by Crippen LogP contribution is -2.13. The van der Waals surface area contributed by atoms with Gasteiger partial charge in [-0.15, -0.1) is 0 Å². The third kappa shape index (κ3) is 1.99. The van der Waals surface area contributed by atoms with E-state index < -0.39 is 0 Å². The summed E-state index contributed by atoms with van der Waals surface area (Å²) in [5.41, 5.74) is 0. The molecule has 0 aromatic carbocycles. The van der Waals surface area contributed by atoms with E-state index in [2.05, 4.69) is 0 Å². The predicted octanol–water partition coefficient (Wildman–Crippen LogP) is 0.729. The van der Waals surface area contributed by atoms with Crippen LogP contribution in [0.15, 0.2) is 0 Å². The SMILES string of the molecule is COC1CCCOC(=O)C1. The van der Waals surface area contributed by atoms with Crippen molar-refractivity contribution in [2.75, 3.05) is 13.7 Å². The van der Waals surface area contributed by atoms with Crippen molar-refractivity contribution in [2.45, 2.75) is 25.4 Å². The minimum Gasteiger partial charge on any atom is -0.466 e. The lowest BCUT2D eigenvalue weighted by Gasteiger charge is -2.07. The first-order chi connectivity index (χ1) is 4.83. The van der Waals surface area contributed by atoms with Crippen LogP contribution in [0.5, 0.6) is 0 Å². The van der Waals surface area contributed by atoms with E-state index >= 15 is 0 Å². The molecule has 0 aliphatic carbocycles. The molecule has 0 bridgehead atoms. The molecule has 0 amide bonds.